The van der Waals surface area contributed by atoms with E-state index in [4.69, 9.17) is 16.3 Å². The summed E-state index contributed by atoms with van der Waals surface area (Å²) in [7, 11) is 0. The molecule has 0 spiro atoms. The number of hydrogen-bond donors (Lipinski definition) is 1. The lowest BCUT2D eigenvalue weighted by Crippen LogP contribution is -2.07. The van der Waals surface area contributed by atoms with Crippen molar-refractivity contribution in [2.75, 3.05) is 6.61 Å². The molecule has 0 amide bonds. The first-order valence-electron chi connectivity index (χ1n) is 5.64. The van der Waals surface area contributed by atoms with Crippen LogP contribution in [0.15, 0.2) is 18.2 Å². The van der Waals surface area contributed by atoms with Gasteiger partial charge in [0.25, 0.3) is 0 Å². The molecule has 1 N–H and O–H groups in total. The molecule has 1 aromatic heterocycles. The Morgan fingerprint density at radius 3 is 2.82 bits per heavy atom. The first kappa shape index (κ1) is 12.0. The Balaban J connectivity index is 2.60. The molecule has 0 aliphatic rings. The van der Waals surface area contributed by atoms with Gasteiger partial charge in [0.1, 0.15) is 5.69 Å². The van der Waals surface area contributed by atoms with Crippen LogP contribution in [0.3, 0.4) is 0 Å². The van der Waals surface area contributed by atoms with Gasteiger partial charge < -0.3 is 9.72 Å². The van der Waals surface area contributed by atoms with Crippen molar-refractivity contribution >= 4 is 28.5 Å². The summed E-state index contributed by atoms with van der Waals surface area (Å²) in [6, 6.07) is 5.54. The molecule has 0 bridgehead atoms. The second kappa shape index (κ2) is 4.80. The summed E-state index contributed by atoms with van der Waals surface area (Å²) < 4.78 is 5.03. The highest BCUT2D eigenvalue weighted by Gasteiger charge is 2.17. The molecule has 1 aromatic carbocycles. The van der Waals surface area contributed by atoms with E-state index in [9.17, 15) is 4.79 Å². The second-order valence-electron chi connectivity index (χ2n) is 3.74. The molecule has 0 radical (unpaired) electrons. The van der Waals surface area contributed by atoms with Gasteiger partial charge in [-0.25, -0.2) is 4.79 Å². The molecule has 2 aromatic rings. The Labute approximate surface area is 105 Å². The molecule has 0 fully saturated rings. The first-order chi connectivity index (χ1) is 8.17. The number of aromatic amines is 1. The van der Waals surface area contributed by atoms with Crippen molar-refractivity contribution in [1.29, 1.82) is 0 Å². The van der Waals surface area contributed by atoms with Crippen molar-refractivity contribution in [3.63, 3.8) is 0 Å². The van der Waals surface area contributed by atoms with E-state index in [1.807, 2.05) is 19.1 Å². The van der Waals surface area contributed by atoms with Crippen LogP contribution in [0.25, 0.3) is 10.9 Å². The number of halogens is 1. The molecular weight excluding hydrogens is 238 g/mol. The molecule has 3 nitrogen and oxygen atoms in total. The van der Waals surface area contributed by atoms with Crippen molar-refractivity contribution in [1.82, 2.24) is 4.98 Å². The monoisotopic (exact) mass is 251 g/mol. The lowest BCUT2D eigenvalue weighted by molar-refractivity contribution is 0.0519. The van der Waals surface area contributed by atoms with Crippen molar-refractivity contribution in [3.8, 4) is 0 Å². The highest BCUT2D eigenvalue weighted by Crippen LogP contribution is 2.26. The number of H-pyrrole nitrogens is 1. The maximum atomic E-state index is 11.8. The van der Waals surface area contributed by atoms with Gasteiger partial charge in [-0.3, -0.25) is 0 Å². The zero-order chi connectivity index (χ0) is 12.4. The third-order valence-corrected chi connectivity index (χ3v) is 2.94. The number of carbonyl (C=O) groups excluding carboxylic acids is 1. The van der Waals surface area contributed by atoms with Gasteiger partial charge in [0.2, 0.25) is 0 Å². The molecule has 2 rings (SSSR count). The van der Waals surface area contributed by atoms with Gasteiger partial charge in [0, 0.05) is 15.9 Å². The first-order valence-corrected chi connectivity index (χ1v) is 6.02. The fourth-order valence-electron chi connectivity index (χ4n) is 1.96. The standard InChI is InChI=1S/C13H14ClNO2/c1-3-9-10-7-8(14)5-6-11(10)15-12(9)13(16)17-4-2/h5-7,15H,3-4H2,1-2H3. The van der Waals surface area contributed by atoms with Crippen molar-refractivity contribution in [2.45, 2.75) is 20.3 Å². The third-order valence-electron chi connectivity index (χ3n) is 2.70. The Bertz CT molecular complexity index is 560. The number of carbonyl (C=O) groups is 1. The minimum atomic E-state index is -0.309. The number of aryl methyl sites for hydroxylation is 1. The Morgan fingerprint density at radius 2 is 2.18 bits per heavy atom. The SMILES string of the molecule is CCOC(=O)c1[nH]c2ccc(Cl)cc2c1CC. The molecule has 0 saturated heterocycles. The Kier molecular flexibility index (Phi) is 3.38. The highest BCUT2D eigenvalue weighted by molar-refractivity contribution is 6.31. The number of nitrogens with one attached hydrogen (secondary N) is 1. The minimum absolute atomic E-state index is 0.309. The van der Waals surface area contributed by atoms with E-state index in [2.05, 4.69) is 4.98 Å². The average molecular weight is 252 g/mol. The summed E-state index contributed by atoms with van der Waals surface area (Å²) in [6.45, 7) is 4.17. The average Bonchev–Trinajstić information content (AvgIpc) is 2.67. The van der Waals surface area contributed by atoms with Crippen LogP contribution < -0.4 is 0 Å². The van der Waals surface area contributed by atoms with Gasteiger partial charge in [0.15, 0.2) is 0 Å². The summed E-state index contributed by atoms with van der Waals surface area (Å²) in [5, 5.41) is 1.66. The van der Waals surface area contributed by atoms with Crippen molar-refractivity contribution in [3.05, 3.63) is 34.5 Å². The van der Waals surface area contributed by atoms with Crippen LogP contribution in [0.5, 0.6) is 0 Å². The van der Waals surface area contributed by atoms with Gasteiger partial charge in [-0.15, -0.1) is 0 Å². The van der Waals surface area contributed by atoms with E-state index in [1.54, 1.807) is 13.0 Å². The molecule has 90 valence electrons. The summed E-state index contributed by atoms with van der Waals surface area (Å²) in [6.07, 6.45) is 0.758. The molecule has 0 aliphatic heterocycles. The van der Waals surface area contributed by atoms with Gasteiger partial charge in [-0.2, -0.15) is 0 Å². The highest BCUT2D eigenvalue weighted by atomic mass is 35.5. The van der Waals surface area contributed by atoms with Crippen LogP contribution in [0, 0.1) is 0 Å². The van der Waals surface area contributed by atoms with Crippen LogP contribution >= 0.6 is 11.6 Å². The smallest absolute Gasteiger partial charge is 0.355 e. The van der Waals surface area contributed by atoms with E-state index < -0.39 is 0 Å². The summed E-state index contributed by atoms with van der Waals surface area (Å²) in [5.41, 5.74) is 2.40. The number of hydrogen-bond acceptors (Lipinski definition) is 2. The zero-order valence-electron chi connectivity index (χ0n) is 9.84. The van der Waals surface area contributed by atoms with Crippen molar-refractivity contribution < 1.29 is 9.53 Å². The van der Waals surface area contributed by atoms with Gasteiger partial charge in [-0.05, 0) is 37.1 Å². The lowest BCUT2D eigenvalue weighted by atomic mass is 10.1. The maximum absolute atomic E-state index is 11.8. The van der Waals surface area contributed by atoms with Gasteiger partial charge in [-0.1, -0.05) is 18.5 Å². The van der Waals surface area contributed by atoms with Gasteiger partial charge in [0.05, 0.1) is 6.61 Å². The summed E-state index contributed by atoms with van der Waals surface area (Å²) >= 11 is 5.97. The Hall–Kier alpha value is -1.48. The van der Waals surface area contributed by atoms with Crippen LogP contribution in [0.2, 0.25) is 5.02 Å². The van der Waals surface area contributed by atoms with Crippen LogP contribution in [-0.2, 0) is 11.2 Å². The zero-order valence-corrected chi connectivity index (χ0v) is 10.6. The van der Waals surface area contributed by atoms with E-state index in [-0.39, 0.29) is 5.97 Å². The second-order valence-corrected chi connectivity index (χ2v) is 4.18. The molecule has 0 unspecified atom stereocenters. The summed E-state index contributed by atoms with van der Waals surface area (Å²) in [5.74, 6) is -0.309. The number of benzene rings is 1. The van der Waals surface area contributed by atoms with Crippen LogP contribution in [0.1, 0.15) is 29.9 Å². The lowest BCUT2D eigenvalue weighted by Gasteiger charge is -2.01. The molecular formula is C13H14ClNO2. The largest absolute Gasteiger partial charge is 0.461 e. The predicted octanol–water partition coefficient (Wildman–Crippen LogP) is 3.56. The van der Waals surface area contributed by atoms with E-state index in [0.29, 0.717) is 17.3 Å². The molecule has 0 saturated carbocycles. The predicted molar refractivity (Wildman–Crippen MR) is 68.6 cm³/mol. The number of ether oxygens (including phenoxy) is 1. The fraction of sp³-hybridized carbons (Fsp3) is 0.308. The third kappa shape index (κ3) is 2.15. The molecule has 0 aliphatic carbocycles. The van der Waals surface area contributed by atoms with Crippen LogP contribution in [0.4, 0.5) is 0 Å². The number of esters is 1. The maximum Gasteiger partial charge on any atom is 0.355 e. The molecule has 0 atom stereocenters. The van der Waals surface area contributed by atoms with E-state index in [0.717, 1.165) is 22.9 Å². The van der Waals surface area contributed by atoms with E-state index >= 15 is 0 Å². The van der Waals surface area contributed by atoms with Crippen LogP contribution in [-0.4, -0.2) is 17.6 Å². The normalized spacial score (nSPS) is 10.8. The Morgan fingerprint density at radius 1 is 1.41 bits per heavy atom. The number of fused-ring (bicyclic) bond motifs is 1. The topological polar surface area (TPSA) is 42.1 Å². The van der Waals surface area contributed by atoms with Crippen molar-refractivity contribution in [2.24, 2.45) is 0 Å². The quantitative estimate of drug-likeness (QED) is 0.848. The molecule has 17 heavy (non-hydrogen) atoms. The van der Waals surface area contributed by atoms with Gasteiger partial charge >= 0.3 is 5.97 Å². The minimum Gasteiger partial charge on any atom is -0.461 e. The summed E-state index contributed by atoms with van der Waals surface area (Å²) in [4.78, 5) is 14.9. The number of rotatable bonds is 3. The fourth-order valence-corrected chi connectivity index (χ4v) is 2.14. The van der Waals surface area contributed by atoms with E-state index in [1.165, 1.54) is 0 Å². The number of aromatic nitrogens is 1. The molecule has 4 heteroatoms. The molecule has 1 heterocycles.